The van der Waals surface area contributed by atoms with E-state index in [4.69, 9.17) is 49.0 Å². The number of esters is 1. The van der Waals surface area contributed by atoms with Gasteiger partial charge in [0.15, 0.2) is 0 Å². The Bertz CT molecular complexity index is 746. The van der Waals surface area contributed by atoms with Crippen LogP contribution in [0.3, 0.4) is 0 Å². The summed E-state index contributed by atoms with van der Waals surface area (Å²) >= 11 is 16.9. The van der Waals surface area contributed by atoms with E-state index in [1.807, 2.05) is 0 Å². The van der Waals surface area contributed by atoms with E-state index in [9.17, 15) is 9.59 Å². The second-order valence-corrected chi connectivity index (χ2v) is 7.89. The van der Waals surface area contributed by atoms with Gasteiger partial charge in [-0.25, -0.2) is 9.59 Å². The molecule has 0 unspecified atom stereocenters. The van der Waals surface area contributed by atoms with Crippen LogP contribution in [0.5, 0.6) is 11.5 Å². The van der Waals surface area contributed by atoms with E-state index in [0.717, 1.165) is 0 Å². The van der Waals surface area contributed by atoms with Crippen LogP contribution >= 0.6 is 34.8 Å². The zero-order valence-electron chi connectivity index (χ0n) is 14.2. The first-order chi connectivity index (χ1) is 12.2. The van der Waals surface area contributed by atoms with Crippen molar-refractivity contribution in [3.63, 3.8) is 0 Å². The number of methoxy groups -OCH3 is 2. The van der Waals surface area contributed by atoms with E-state index in [1.165, 1.54) is 14.2 Å². The predicted molar refractivity (Wildman–Crippen MR) is 97.9 cm³/mol. The lowest BCUT2D eigenvalue weighted by atomic mass is 9.94. The topological polar surface area (TPSA) is 85.9 Å². The predicted octanol–water partition coefficient (Wildman–Crippen LogP) is 3.25. The third-order valence-electron chi connectivity index (χ3n) is 3.60. The van der Waals surface area contributed by atoms with Crippen molar-refractivity contribution in [3.8, 4) is 11.5 Å². The second kappa shape index (κ2) is 8.24. The van der Waals surface area contributed by atoms with E-state index in [-0.39, 0.29) is 5.57 Å². The number of hydrogen-bond acceptors (Lipinski definition) is 5. The van der Waals surface area contributed by atoms with Gasteiger partial charge in [-0.3, -0.25) is 0 Å². The minimum Gasteiger partial charge on any atom is -0.497 e. The Labute approximate surface area is 165 Å². The molecule has 1 aromatic rings. The van der Waals surface area contributed by atoms with Crippen molar-refractivity contribution in [2.24, 2.45) is 0 Å². The second-order valence-electron chi connectivity index (χ2n) is 5.37. The number of allylic oxidation sites excluding steroid dienone is 1. The average Bonchev–Trinajstić information content (AvgIpc) is 2.57. The van der Waals surface area contributed by atoms with E-state index in [0.29, 0.717) is 22.8 Å². The number of alkyl halides is 3. The molecule has 1 heterocycles. The molecule has 0 saturated heterocycles. The van der Waals surface area contributed by atoms with Crippen LogP contribution in [0, 0.1) is 0 Å². The smallest absolute Gasteiger partial charge is 0.338 e. The average molecular weight is 424 g/mol. The summed E-state index contributed by atoms with van der Waals surface area (Å²) in [6.45, 7) is 1.13. The SMILES string of the molecule is COc1ccc(OC)c([C@@H]2NC(=O)NC(C)=C2C(=O)OCC(Cl)(Cl)Cl)c1. The molecule has 2 amide bonds. The lowest BCUT2D eigenvalue weighted by Crippen LogP contribution is -2.45. The fourth-order valence-electron chi connectivity index (χ4n) is 2.49. The minimum absolute atomic E-state index is 0.158. The standard InChI is InChI=1S/C16H17Cl3N2O5/c1-8-12(14(22)26-7-16(17,18)19)13(21-15(23)20-8)10-6-9(24-2)4-5-11(10)25-3/h4-6,13H,7H2,1-3H3,(H2,20,21,23)/t13-/m0/s1. The van der Waals surface area contributed by atoms with Crippen LogP contribution in [0.25, 0.3) is 0 Å². The fourth-order valence-corrected chi connectivity index (χ4v) is 2.65. The van der Waals surface area contributed by atoms with Crippen molar-refractivity contribution >= 4 is 46.8 Å². The number of amides is 2. The number of hydrogen-bond donors (Lipinski definition) is 2. The van der Waals surface area contributed by atoms with Gasteiger partial charge in [0.25, 0.3) is 0 Å². The van der Waals surface area contributed by atoms with Crippen molar-refractivity contribution in [1.29, 1.82) is 0 Å². The number of urea groups is 1. The third kappa shape index (κ3) is 4.87. The zero-order chi connectivity index (χ0) is 19.5. The Morgan fingerprint density at radius 3 is 2.50 bits per heavy atom. The van der Waals surface area contributed by atoms with Crippen LogP contribution in [0.1, 0.15) is 18.5 Å². The van der Waals surface area contributed by atoms with E-state index in [1.54, 1.807) is 25.1 Å². The van der Waals surface area contributed by atoms with Crippen LogP contribution < -0.4 is 20.1 Å². The number of ether oxygens (including phenoxy) is 3. The molecule has 1 aliphatic heterocycles. The molecule has 0 fully saturated rings. The van der Waals surface area contributed by atoms with Crippen molar-refractivity contribution in [2.45, 2.75) is 16.8 Å². The van der Waals surface area contributed by atoms with Gasteiger partial charge in [-0.2, -0.15) is 0 Å². The molecular weight excluding hydrogens is 407 g/mol. The summed E-state index contributed by atoms with van der Waals surface area (Å²) in [6.07, 6.45) is 0. The van der Waals surface area contributed by atoms with Gasteiger partial charge in [0.2, 0.25) is 3.79 Å². The highest BCUT2D eigenvalue weighted by molar-refractivity contribution is 6.67. The summed E-state index contributed by atoms with van der Waals surface area (Å²) in [4.78, 5) is 24.5. The highest BCUT2D eigenvalue weighted by Gasteiger charge is 2.35. The number of carbonyl (C=O) groups excluding carboxylic acids is 2. The van der Waals surface area contributed by atoms with Crippen LogP contribution in [0.15, 0.2) is 29.5 Å². The molecule has 1 aliphatic rings. The Kier molecular flexibility index (Phi) is 6.49. The van der Waals surface area contributed by atoms with Gasteiger partial charge in [-0.05, 0) is 25.1 Å². The van der Waals surface area contributed by atoms with Crippen molar-refractivity contribution in [2.75, 3.05) is 20.8 Å². The Morgan fingerprint density at radius 1 is 1.23 bits per heavy atom. The van der Waals surface area contributed by atoms with Crippen molar-refractivity contribution in [1.82, 2.24) is 10.6 Å². The van der Waals surface area contributed by atoms with Gasteiger partial charge in [-0.1, -0.05) is 34.8 Å². The van der Waals surface area contributed by atoms with Gasteiger partial charge in [0.1, 0.15) is 18.1 Å². The highest BCUT2D eigenvalue weighted by Crippen LogP contribution is 2.36. The molecule has 0 spiro atoms. The maximum atomic E-state index is 12.6. The summed E-state index contributed by atoms with van der Waals surface area (Å²) < 4.78 is 13.9. The van der Waals surface area contributed by atoms with Gasteiger partial charge in [-0.15, -0.1) is 0 Å². The summed E-state index contributed by atoms with van der Waals surface area (Å²) in [5, 5.41) is 5.20. The summed E-state index contributed by atoms with van der Waals surface area (Å²) in [6, 6.07) is 3.71. The molecule has 0 bridgehead atoms. The van der Waals surface area contributed by atoms with Crippen LogP contribution in [-0.4, -0.2) is 36.6 Å². The van der Waals surface area contributed by atoms with E-state index < -0.39 is 28.4 Å². The normalized spacial score (nSPS) is 17.3. The maximum Gasteiger partial charge on any atom is 0.338 e. The molecular formula is C16H17Cl3N2O5. The first-order valence-electron chi connectivity index (χ1n) is 7.40. The Balaban J connectivity index is 2.46. The highest BCUT2D eigenvalue weighted by atomic mass is 35.6. The third-order valence-corrected chi connectivity index (χ3v) is 3.93. The molecule has 10 heteroatoms. The van der Waals surface area contributed by atoms with Gasteiger partial charge < -0.3 is 24.8 Å². The van der Waals surface area contributed by atoms with Gasteiger partial charge in [0, 0.05) is 11.3 Å². The number of benzene rings is 1. The molecule has 1 atom stereocenters. The largest absolute Gasteiger partial charge is 0.497 e. The number of nitrogens with one attached hydrogen (secondary N) is 2. The van der Waals surface area contributed by atoms with E-state index in [2.05, 4.69) is 10.6 Å². The number of halogens is 3. The first-order valence-corrected chi connectivity index (χ1v) is 8.53. The number of rotatable bonds is 5. The van der Waals surface area contributed by atoms with Gasteiger partial charge in [0.05, 0.1) is 25.8 Å². The molecule has 0 aromatic heterocycles. The summed E-state index contributed by atoms with van der Waals surface area (Å²) in [5.41, 5.74) is 0.991. The van der Waals surface area contributed by atoms with Crippen molar-refractivity contribution in [3.05, 3.63) is 35.0 Å². The molecule has 0 saturated carbocycles. The molecule has 1 aromatic carbocycles. The first kappa shape index (κ1) is 20.5. The summed E-state index contributed by atoms with van der Waals surface area (Å²) in [5.74, 6) is 0.244. The monoisotopic (exact) mass is 422 g/mol. The van der Waals surface area contributed by atoms with Crippen LogP contribution in [0.2, 0.25) is 0 Å². The minimum atomic E-state index is -1.75. The maximum absolute atomic E-state index is 12.6. The Hall–Kier alpha value is -1.83. The van der Waals surface area contributed by atoms with Crippen LogP contribution in [-0.2, 0) is 9.53 Å². The van der Waals surface area contributed by atoms with Crippen LogP contribution in [0.4, 0.5) is 4.79 Å². The molecule has 2 rings (SSSR count). The molecule has 2 N–H and O–H groups in total. The lowest BCUT2D eigenvalue weighted by molar-refractivity contribution is -0.139. The Morgan fingerprint density at radius 2 is 1.92 bits per heavy atom. The lowest BCUT2D eigenvalue weighted by Gasteiger charge is -2.29. The van der Waals surface area contributed by atoms with Crippen molar-refractivity contribution < 1.29 is 23.8 Å². The van der Waals surface area contributed by atoms with Gasteiger partial charge >= 0.3 is 12.0 Å². The molecule has 142 valence electrons. The molecule has 0 radical (unpaired) electrons. The fraction of sp³-hybridized carbons (Fsp3) is 0.375. The molecule has 7 nitrogen and oxygen atoms in total. The molecule has 0 aliphatic carbocycles. The summed E-state index contributed by atoms with van der Waals surface area (Å²) in [7, 11) is 2.98. The van der Waals surface area contributed by atoms with E-state index >= 15 is 0 Å². The molecule has 26 heavy (non-hydrogen) atoms. The zero-order valence-corrected chi connectivity index (χ0v) is 16.5. The number of carbonyl (C=O) groups is 2. The quantitative estimate of drug-likeness (QED) is 0.561.